The van der Waals surface area contributed by atoms with Crippen molar-refractivity contribution < 1.29 is 31.5 Å². The van der Waals surface area contributed by atoms with Crippen molar-refractivity contribution in [1.29, 1.82) is 0 Å². The molecule has 4 heteroatoms. The van der Waals surface area contributed by atoms with Gasteiger partial charge in [-0.2, -0.15) is 0 Å². The minimum absolute atomic E-state index is 0. The molecule has 0 spiro atoms. The number of rotatable bonds is 1. The maximum Gasteiger partial charge on any atom is 0.368 e. The third-order valence-electron chi connectivity index (χ3n) is 0.101. The van der Waals surface area contributed by atoms with Crippen molar-refractivity contribution in [2.24, 2.45) is 0 Å². The molecule has 0 saturated heterocycles. The molecule has 0 aromatic heterocycles. The standard InChI is InChI=1S/C2H2O3.Co/c3-1-2(4)5;/h1H,(H,4,5);. The van der Waals surface area contributed by atoms with Gasteiger partial charge in [0.25, 0.3) is 0 Å². The van der Waals surface area contributed by atoms with Crippen molar-refractivity contribution in [2.75, 3.05) is 0 Å². The van der Waals surface area contributed by atoms with Crippen molar-refractivity contribution in [1.82, 2.24) is 0 Å². The normalized spacial score (nSPS) is 5.33. The van der Waals surface area contributed by atoms with Crippen molar-refractivity contribution in [3.63, 3.8) is 0 Å². The van der Waals surface area contributed by atoms with E-state index < -0.39 is 5.97 Å². The van der Waals surface area contributed by atoms with Crippen LogP contribution >= 0.6 is 0 Å². The van der Waals surface area contributed by atoms with E-state index in [4.69, 9.17) is 14.7 Å². The fourth-order valence-corrected chi connectivity index (χ4v) is 0. The van der Waals surface area contributed by atoms with Crippen molar-refractivity contribution in [3.05, 3.63) is 0 Å². The Morgan fingerprint density at radius 1 is 1.67 bits per heavy atom. The molecule has 1 radical (unpaired) electrons. The second-order valence-electron chi connectivity index (χ2n) is 0.456. The summed E-state index contributed by atoms with van der Waals surface area (Å²) in [5, 5.41) is 7.35. The van der Waals surface area contributed by atoms with Crippen LogP contribution in [-0.2, 0) is 26.4 Å². The summed E-state index contributed by atoms with van der Waals surface area (Å²) in [7, 11) is 0. The van der Waals surface area contributed by atoms with E-state index in [0.717, 1.165) is 0 Å². The fraction of sp³-hybridized carbons (Fsp3) is 0. The Morgan fingerprint density at radius 2 is 1.83 bits per heavy atom. The monoisotopic (exact) mass is 133 g/mol. The maximum atomic E-state index is 9.00. The average molecular weight is 133 g/mol. The number of carbonyl (C=O) groups excluding carboxylic acids is 1. The molecule has 1 N–H and O–H groups in total. The maximum absolute atomic E-state index is 9.00. The number of aldehydes is 1. The molecule has 0 aromatic carbocycles. The van der Waals surface area contributed by atoms with E-state index in [1.54, 1.807) is 0 Å². The summed E-state index contributed by atoms with van der Waals surface area (Å²) >= 11 is 0. The molecule has 0 aromatic rings. The summed E-state index contributed by atoms with van der Waals surface area (Å²) in [6.07, 6.45) is -0.167. The Bertz CT molecular complexity index is 59.8. The van der Waals surface area contributed by atoms with Gasteiger partial charge in [0.1, 0.15) is 0 Å². The first kappa shape index (κ1) is 9.17. The van der Waals surface area contributed by atoms with Crippen LogP contribution in [0.15, 0.2) is 0 Å². The van der Waals surface area contributed by atoms with Gasteiger partial charge in [-0.05, 0) is 0 Å². The van der Waals surface area contributed by atoms with E-state index in [1.165, 1.54) is 0 Å². The van der Waals surface area contributed by atoms with E-state index in [0.29, 0.717) is 0 Å². The SMILES string of the molecule is O=CC(=O)O.[Co]. The first-order valence-corrected chi connectivity index (χ1v) is 0.952. The van der Waals surface area contributed by atoms with Gasteiger partial charge in [0.2, 0.25) is 6.29 Å². The summed E-state index contributed by atoms with van der Waals surface area (Å²) in [5.74, 6) is -1.43. The van der Waals surface area contributed by atoms with Crippen molar-refractivity contribution in [2.45, 2.75) is 0 Å². The number of hydrogen-bond acceptors (Lipinski definition) is 2. The first-order valence-electron chi connectivity index (χ1n) is 0.952. The Morgan fingerprint density at radius 3 is 1.83 bits per heavy atom. The van der Waals surface area contributed by atoms with Gasteiger partial charge in [0, 0.05) is 16.8 Å². The van der Waals surface area contributed by atoms with Crippen molar-refractivity contribution >= 4 is 12.3 Å². The summed E-state index contributed by atoms with van der Waals surface area (Å²) in [6.45, 7) is 0. The molecule has 0 aliphatic heterocycles. The zero-order chi connectivity index (χ0) is 4.28. The van der Waals surface area contributed by atoms with E-state index >= 15 is 0 Å². The quantitative estimate of drug-likeness (QED) is 0.378. The van der Waals surface area contributed by atoms with Crippen LogP contribution in [-0.4, -0.2) is 17.4 Å². The second kappa shape index (κ2) is 4.65. The first-order chi connectivity index (χ1) is 2.27. The summed E-state index contributed by atoms with van der Waals surface area (Å²) < 4.78 is 0. The molecule has 0 fully saturated rings. The van der Waals surface area contributed by atoms with Crippen LogP contribution in [0.3, 0.4) is 0 Å². The van der Waals surface area contributed by atoms with Crippen LogP contribution in [0.25, 0.3) is 0 Å². The predicted octanol–water partition coefficient (Wildman–Crippen LogP) is -0.733. The Balaban J connectivity index is 0. The molecule has 6 heavy (non-hydrogen) atoms. The fourth-order valence-electron chi connectivity index (χ4n) is 0. The van der Waals surface area contributed by atoms with Gasteiger partial charge in [-0.1, -0.05) is 0 Å². The van der Waals surface area contributed by atoms with Gasteiger partial charge in [-0.15, -0.1) is 0 Å². The number of carbonyl (C=O) groups is 2. The predicted molar refractivity (Wildman–Crippen MR) is 13.7 cm³/mol. The number of carboxylic acids is 1. The molecular weight excluding hydrogens is 131 g/mol. The molecule has 37 valence electrons. The van der Waals surface area contributed by atoms with Crippen LogP contribution in [0, 0.1) is 0 Å². The zero-order valence-electron chi connectivity index (χ0n) is 2.67. The van der Waals surface area contributed by atoms with Gasteiger partial charge in [0.05, 0.1) is 0 Å². The molecule has 0 rings (SSSR count). The van der Waals surface area contributed by atoms with Gasteiger partial charge in [-0.3, -0.25) is 4.79 Å². The summed E-state index contributed by atoms with van der Waals surface area (Å²) in [5.41, 5.74) is 0. The molecule has 0 aliphatic rings. The Kier molecular flexibility index (Phi) is 7.10. The smallest absolute Gasteiger partial charge is 0.368 e. The third-order valence-corrected chi connectivity index (χ3v) is 0.101. The van der Waals surface area contributed by atoms with Gasteiger partial charge in [0.15, 0.2) is 0 Å². The molecule has 0 bridgehead atoms. The molecule has 0 saturated carbocycles. The van der Waals surface area contributed by atoms with E-state index in [-0.39, 0.29) is 23.1 Å². The topological polar surface area (TPSA) is 54.4 Å². The van der Waals surface area contributed by atoms with E-state index in [2.05, 4.69) is 0 Å². The summed E-state index contributed by atoms with van der Waals surface area (Å²) in [4.78, 5) is 17.9. The number of carboxylic acid groups (broad SMARTS) is 1. The minimum Gasteiger partial charge on any atom is -0.476 e. The van der Waals surface area contributed by atoms with Crippen LogP contribution in [0.4, 0.5) is 0 Å². The third kappa shape index (κ3) is 9.42. The average Bonchev–Trinajstić information content (AvgIpc) is 1.38. The summed E-state index contributed by atoms with van der Waals surface area (Å²) in [6, 6.07) is 0. The Labute approximate surface area is 44.5 Å². The molecule has 0 amide bonds. The number of hydrogen-bond donors (Lipinski definition) is 1. The number of aliphatic carboxylic acids is 1. The van der Waals surface area contributed by atoms with Gasteiger partial charge in [-0.25, -0.2) is 4.79 Å². The van der Waals surface area contributed by atoms with E-state index in [1.807, 2.05) is 0 Å². The van der Waals surface area contributed by atoms with Gasteiger partial charge < -0.3 is 5.11 Å². The van der Waals surface area contributed by atoms with Crippen LogP contribution < -0.4 is 0 Å². The molecule has 0 atom stereocenters. The van der Waals surface area contributed by atoms with Crippen LogP contribution in [0.1, 0.15) is 0 Å². The van der Waals surface area contributed by atoms with E-state index in [9.17, 15) is 0 Å². The molecule has 3 nitrogen and oxygen atoms in total. The molecule has 0 heterocycles. The minimum atomic E-state index is -1.43. The van der Waals surface area contributed by atoms with Crippen molar-refractivity contribution in [3.8, 4) is 0 Å². The molecule has 0 unspecified atom stereocenters. The zero-order valence-corrected chi connectivity index (χ0v) is 3.72. The second-order valence-corrected chi connectivity index (χ2v) is 0.456. The largest absolute Gasteiger partial charge is 0.476 e. The van der Waals surface area contributed by atoms with Crippen LogP contribution in [0.5, 0.6) is 0 Å². The van der Waals surface area contributed by atoms with Gasteiger partial charge >= 0.3 is 5.97 Å². The molecule has 0 aliphatic carbocycles. The molecular formula is C2H2CoO3. The Hall–Kier alpha value is -0.354. The van der Waals surface area contributed by atoms with Crippen LogP contribution in [0.2, 0.25) is 0 Å².